The highest BCUT2D eigenvalue weighted by atomic mass is 16.3. The molecule has 4 aromatic rings. The zero-order valence-corrected chi connectivity index (χ0v) is 21.1. The van der Waals surface area contributed by atoms with E-state index < -0.39 is 6.10 Å². The summed E-state index contributed by atoms with van der Waals surface area (Å²) in [5.74, 6) is 1.62. The number of tetrazole rings is 1. The van der Waals surface area contributed by atoms with Crippen molar-refractivity contribution in [2.75, 3.05) is 11.9 Å². The molecule has 0 radical (unpaired) electrons. The van der Waals surface area contributed by atoms with Crippen molar-refractivity contribution in [2.24, 2.45) is 0 Å². The molecular formula is C28H33N7O. The summed E-state index contributed by atoms with van der Waals surface area (Å²) in [5, 5.41) is 25.2. The van der Waals surface area contributed by atoms with Crippen molar-refractivity contribution in [3.63, 3.8) is 0 Å². The topological polar surface area (TPSA) is 104 Å². The highest BCUT2D eigenvalue weighted by molar-refractivity contribution is 5.80. The first-order valence-corrected chi connectivity index (χ1v) is 12.7. The van der Waals surface area contributed by atoms with Crippen molar-refractivity contribution in [3.8, 4) is 22.5 Å². The Kier molecular flexibility index (Phi) is 7.04. The van der Waals surface area contributed by atoms with E-state index in [4.69, 9.17) is 9.97 Å². The van der Waals surface area contributed by atoms with Crippen LogP contribution in [0, 0.1) is 13.8 Å². The van der Waals surface area contributed by atoms with Crippen molar-refractivity contribution >= 4 is 5.82 Å². The van der Waals surface area contributed by atoms with Gasteiger partial charge < -0.3 is 10.0 Å². The van der Waals surface area contributed by atoms with E-state index in [1.54, 1.807) is 0 Å². The number of fused-ring (bicyclic) bond motifs is 1. The van der Waals surface area contributed by atoms with Gasteiger partial charge in [-0.2, -0.15) is 5.21 Å². The number of aryl methyl sites for hydroxylation is 3. The standard InChI is InChI=1S/C28H33N7O/c1-18-9-13-20(14-10-18)26-27(21-15-11-19(2)12-16-21)30-28-22(29-26)17-24(36)23(35(28)3)7-5-4-6-8-25-31-33-34-32-25/h9-16,23-24,36H,4-8,17H2,1-3H3,(H,31,32,33,34). The molecule has 0 spiro atoms. The largest absolute Gasteiger partial charge is 0.391 e. The van der Waals surface area contributed by atoms with Crippen LogP contribution < -0.4 is 4.90 Å². The molecule has 1 aliphatic heterocycles. The summed E-state index contributed by atoms with van der Waals surface area (Å²) in [6.45, 7) is 4.17. The monoisotopic (exact) mass is 483 g/mol. The first kappa shape index (κ1) is 24.1. The van der Waals surface area contributed by atoms with Gasteiger partial charge in [0, 0.05) is 31.0 Å². The number of anilines is 1. The Balaban J connectivity index is 1.40. The summed E-state index contributed by atoms with van der Waals surface area (Å²) in [6, 6.07) is 16.9. The lowest BCUT2D eigenvalue weighted by Gasteiger charge is -2.38. The lowest BCUT2D eigenvalue weighted by Crippen LogP contribution is -2.47. The number of aliphatic hydroxyl groups is 1. The number of H-pyrrole nitrogens is 1. The number of rotatable bonds is 8. The molecule has 0 aliphatic carbocycles. The Morgan fingerprint density at radius 3 is 2.14 bits per heavy atom. The van der Waals surface area contributed by atoms with Crippen molar-refractivity contribution in [1.82, 2.24) is 30.6 Å². The SMILES string of the molecule is Cc1ccc(-c2nc3c(nc2-c2ccc(C)cc2)N(C)C(CCCCCc2nn[nH]n2)C(O)C3)cc1. The third kappa shape index (κ3) is 5.14. The second kappa shape index (κ2) is 10.5. The lowest BCUT2D eigenvalue weighted by molar-refractivity contribution is 0.129. The van der Waals surface area contributed by atoms with Gasteiger partial charge in [0.2, 0.25) is 0 Å². The Labute approximate surface area is 211 Å². The predicted octanol–water partition coefficient (Wildman–Crippen LogP) is 4.47. The third-order valence-corrected chi connectivity index (χ3v) is 7.06. The van der Waals surface area contributed by atoms with Crippen LogP contribution in [0.5, 0.6) is 0 Å². The van der Waals surface area contributed by atoms with E-state index in [9.17, 15) is 5.11 Å². The Hall–Kier alpha value is -3.65. The average Bonchev–Trinajstić information content (AvgIpc) is 3.40. The molecule has 0 bridgehead atoms. The van der Waals surface area contributed by atoms with Crippen LogP contribution in [0.25, 0.3) is 22.5 Å². The Morgan fingerprint density at radius 1 is 0.889 bits per heavy atom. The van der Waals surface area contributed by atoms with Crippen molar-refractivity contribution in [1.29, 1.82) is 0 Å². The fraction of sp³-hybridized carbons (Fsp3) is 0.393. The number of nitrogens with one attached hydrogen (secondary N) is 1. The molecule has 0 amide bonds. The zero-order valence-electron chi connectivity index (χ0n) is 21.1. The van der Waals surface area contributed by atoms with Gasteiger partial charge in [-0.15, -0.1) is 10.2 Å². The second-order valence-electron chi connectivity index (χ2n) is 9.80. The number of likely N-dealkylation sites (N-methyl/N-ethyl adjacent to an activating group) is 1. The minimum atomic E-state index is -0.481. The molecule has 2 aromatic carbocycles. The molecule has 1 aliphatic rings. The van der Waals surface area contributed by atoms with Crippen LogP contribution in [0.2, 0.25) is 0 Å². The number of aromatic amines is 1. The van der Waals surface area contributed by atoms with Gasteiger partial charge in [-0.1, -0.05) is 77.7 Å². The molecule has 5 rings (SSSR count). The van der Waals surface area contributed by atoms with Crippen molar-refractivity contribution in [3.05, 3.63) is 71.2 Å². The molecule has 186 valence electrons. The van der Waals surface area contributed by atoms with E-state index in [2.05, 4.69) is 87.9 Å². The van der Waals surface area contributed by atoms with Gasteiger partial charge in [-0.25, -0.2) is 9.97 Å². The molecule has 3 heterocycles. The van der Waals surface area contributed by atoms with Crippen LogP contribution in [-0.4, -0.2) is 54.9 Å². The number of hydrogen-bond acceptors (Lipinski definition) is 7. The first-order chi connectivity index (χ1) is 17.5. The fourth-order valence-corrected chi connectivity index (χ4v) is 4.94. The number of unbranched alkanes of at least 4 members (excludes halogenated alkanes) is 2. The van der Waals surface area contributed by atoms with Gasteiger partial charge in [-0.3, -0.25) is 0 Å². The molecule has 2 unspecified atom stereocenters. The van der Waals surface area contributed by atoms with Gasteiger partial charge in [-0.05, 0) is 26.7 Å². The smallest absolute Gasteiger partial charge is 0.174 e. The van der Waals surface area contributed by atoms with Gasteiger partial charge in [0.05, 0.1) is 29.2 Å². The maximum Gasteiger partial charge on any atom is 0.174 e. The second-order valence-corrected chi connectivity index (χ2v) is 9.80. The molecule has 0 fully saturated rings. The maximum atomic E-state index is 11.1. The van der Waals surface area contributed by atoms with Crippen LogP contribution in [0.4, 0.5) is 5.82 Å². The summed E-state index contributed by atoms with van der Waals surface area (Å²) >= 11 is 0. The molecule has 2 N–H and O–H groups in total. The van der Waals surface area contributed by atoms with Crippen molar-refractivity contribution < 1.29 is 5.11 Å². The highest BCUT2D eigenvalue weighted by Gasteiger charge is 2.34. The van der Waals surface area contributed by atoms with Crippen LogP contribution in [0.1, 0.15) is 48.3 Å². The van der Waals surface area contributed by atoms with E-state index in [-0.39, 0.29) is 6.04 Å². The van der Waals surface area contributed by atoms with Crippen LogP contribution in [-0.2, 0) is 12.8 Å². The van der Waals surface area contributed by atoms with E-state index in [1.807, 2.05) is 7.05 Å². The summed E-state index contributed by atoms with van der Waals surface area (Å²) in [5.41, 5.74) is 7.08. The van der Waals surface area contributed by atoms with Gasteiger partial charge in [0.1, 0.15) is 0 Å². The highest BCUT2D eigenvalue weighted by Crippen LogP contribution is 2.36. The number of aliphatic hydroxyl groups excluding tert-OH is 1. The molecule has 36 heavy (non-hydrogen) atoms. The molecule has 0 saturated carbocycles. The van der Waals surface area contributed by atoms with E-state index in [1.165, 1.54) is 11.1 Å². The number of aromatic nitrogens is 6. The number of benzene rings is 2. The molecule has 2 aromatic heterocycles. The Morgan fingerprint density at radius 2 is 1.53 bits per heavy atom. The number of hydrogen-bond donors (Lipinski definition) is 2. The van der Waals surface area contributed by atoms with Crippen LogP contribution in [0.3, 0.4) is 0 Å². The lowest BCUT2D eigenvalue weighted by atomic mass is 9.93. The van der Waals surface area contributed by atoms with Gasteiger partial charge in [0.25, 0.3) is 0 Å². The quantitative estimate of drug-likeness (QED) is 0.357. The predicted molar refractivity (Wildman–Crippen MR) is 141 cm³/mol. The zero-order chi connectivity index (χ0) is 25.1. The van der Waals surface area contributed by atoms with E-state index >= 15 is 0 Å². The summed E-state index contributed by atoms with van der Waals surface area (Å²) < 4.78 is 0. The van der Waals surface area contributed by atoms with Crippen LogP contribution in [0.15, 0.2) is 48.5 Å². The van der Waals surface area contributed by atoms with Gasteiger partial charge in [0.15, 0.2) is 11.6 Å². The molecule has 0 saturated heterocycles. The van der Waals surface area contributed by atoms with Gasteiger partial charge >= 0.3 is 0 Å². The van der Waals surface area contributed by atoms with Crippen molar-refractivity contribution in [2.45, 2.75) is 64.5 Å². The van der Waals surface area contributed by atoms with Crippen LogP contribution >= 0.6 is 0 Å². The summed E-state index contributed by atoms with van der Waals surface area (Å²) in [4.78, 5) is 12.4. The molecule has 8 nitrogen and oxygen atoms in total. The third-order valence-electron chi connectivity index (χ3n) is 7.06. The Bertz CT molecular complexity index is 1290. The maximum absolute atomic E-state index is 11.1. The summed E-state index contributed by atoms with van der Waals surface area (Å²) in [7, 11) is 2.03. The molecule has 8 heteroatoms. The molecular weight excluding hydrogens is 450 g/mol. The first-order valence-electron chi connectivity index (χ1n) is 12.7. The van der Waals surface area contributed by atoms with E-state index in [0.717, 1.165) is 72.0 Å². The fourth-order valence-electron chi connectivity index (χ4n) is 4.94. The number of nitrogens with zero attached hydrogens (tertiary/aromatic N) is 6. The average molecular weight is 484 g/mol. The summed E-state index contributed by atoms with van der Waals surface area (Å²) in [6.07, 6.45) is 4.79. The minimum absolute atomic E-state index is 0.00747. The van der Waals surface area contributed by atoms with E-state index in [0.29, 0.717) is 6.42 Å². The molecule has 2 atom stereocenters. The minimum Gasteiger partial charge on any atom is -0.391 e. The normalized spacial score (nSPS) is 17.3.